The molecule has 0 unspecified atom stereocenters. The van der Waals surface area contributed by atoms with E-state index in [0.29, 0.717) is 0 Å². The number of likely N-dealkylation sites (N-methyl/N-ethyl adjacent to an activating group) is 1. The summed E-state index contributed by atoms with van der Waals surface area (Å²) >= 11 is 5.62. The van der Waals surface area contributed by atoms with Gasteiger partial charge in [0, 0.05) is 32.7 Å². The highest BCUT2D eigenvalue weighted by atomic mass is 35.5. The standard InChI is InChI=1S/C12H26ClNO2/c1-14(8-5-3-4-7-13)9-12-16-11-6-10-15-2/h3-12H2,1-2H3. The van der Waals surface area contributed by atoms with Gasteiger partial charge in [0.25, 0.3) is 0 Å². The van der Waals surface area contributed by atoms with E-state index in [1.807, 2.05) is 0 Å². The molecule has 0 spiro atoms. The van der Waals surface area contributed by atoms with Gasteiger partial charge in [-0.1, -0.05) is 6.42 Å². The molecule has 3 nitrogen and oxygen atoms in total. The summed E-state index contributed by atoms with van der Waals surface area (Å²) in [6, 6.07) is 0. The van der Waals surface area contributed by atoms with E-state index in [4.69, 9.17) is 21.1 Å². The van der Waals surface area contributed by atoms with E-state index < -0.39 is 0 Å². The van der Waals surface area contributed by atoms with Crippen LogP contribution in [0.1, 0.15) is 25.7 Å². The number of nitrogens with zero attached hydrogens (tertiary/aromatic N) is 1. The second-order valence-electron chi connectivity index (χ2n) is 4.01. The number of halogens is 1. The Balaban J connectivity index is 3.08. The summed E-state index contributed by atoms with van der Waals surface area (Å²) < 4.78 is 10.4. The van der Waals surface area contributed by atoms with E-state index in [2.05, 4.69) is 11.9 Å². The van der Waals surface area contributed by atoms with Crippen molar-refractivity contribution in [1.82, 2.24) is 4.90 Å². The average molecular weight is 252 g/mol. The van der Waals surface area contributed by atoms with E-state index in [0.717, 1.165) is 51.6 Å². The van der Waals surface area contributed by atoms with Gasteiger partial charge in [0.15, 0.2) is 0 Å². The first kappa shape index (κ1) is 16.2. The van der Waals surface area contributed by atoms with Gasteiger partial charge >= 0.3 is 0 Å². The molecular formula is C12H26ClNO2. The van der Waals surface area contributed by atoms with Crippen LogP contribution in [-0.2, 0) is 9.47 Å². The zero-order valence-electron chi connectivity index (χ0n) is 10.7. The second-order valence-corrected chi connectivity index (χ2v) is 4.39. The predicted octanol–water partition coefficient (Wildman–Crippen LogP) is 2.38. The summed E-state index contributed by atoms with van der Waals surface area (Å²) in [5.41, 5.74) is 0. The molecule has 4 heteroatoms. The Morgan fingerprint density at radius 1 is 0.938 bits per heavy atom. The molecule has 0 saturated carbocycles. The Bertz CT molecular complexity index is 136. The molecule has 0 rings (SSSR count). The third kappa shape index (κ3) is 12.2. The van der Waals surface area contributed by atoms with E-state index >= 15 is 0 Å². The molecule has 0 aromatic heterocycles. The molecule has 0 aromatic carbocycles. The quantitative estimate of drug-likeness (QED) is 0.393. The van der Waals surface area contributed by atoms with Gasteiger partial charge in [-0.3, -0.25) is 0 Å². The fraction of sp³-hybridized carbons (Fsp3) is 1.00. The van der Waals surface area contributed by atoms with Crippen LogP contribution >= 0.6 is 11.6 Å². The normalized spacial score (nSPS) is 11.2. The molecule has 0 saturated heterocycles. The lowest BCUT2D eigenvalue weighted by Gasteiger charge is -2.16. The third-order valence-corrected chi connectivity index (χ3v) is 2.70. The maximum absolute atomic E-state index is 5.62. The number of unbranched alkanes of at least 4 members (excludes halogenated alkanes) is 2. The van der Waals surface area contributed by atoms with Crippen molar-refractivity contribution in [3.05, 3.63) is 0 Å². The molecule has 0 radical (unpaired) electrons. The van der Waals surface area contributed by atoms with Crippen molar-refractivity contribution in [2.24, 2.45) is 0 Å². The molecule has 16 heavy (non-hydrogen) atoms. The van der Waals surface area contributed by atoms with Crippen LogP contribution in [0.2, 0.25) is 0 Å². The number of alkyl halides is 1. The molecule has 0 aliphatic carbocycles. The van der Waals surface area contributed by atoms with Crippen molar-refractivity contribution in [2.75, 3.05) is 52.9 Å². The first-order valence-electron chi connectivity index (χ1n) is 6.12. The highest BCUT2D eigenvalue weighted by molar-refractivity contribution is 6.17. The molecule has 0 atom stereocenters. The fourth-order valence-corrected chi connectivity index (χ4v) is 1.58. The van der Waals surface area contributed by atoms with Gasteiger partial charge in [0.05, 0.1) is 6.61 Å². The summed E-state index contributed by atoms with van der Waals surface area (Å²) in [6.45, 7) is 4.55. The SMILES string of the molecule is COCCCOCCN(C)CCCCCCl. The fourth-order valence-electron chi connectivity index (χ4n) is 1.39. The minimum atomic E-state index is 0.784. The maximum Gasteiger partial charge on any atom is 0.0593 e. The second kappa shape index (κ2) is 13.2. The topological polar surface area (TPSA) is 21.7 Å². The zero-order valence-corrected chi connectivity index (χ0v) is 11.5. The number of hydrogen-bond donors (Lipinski definition) is 0. The van der Waals surface area contributed by atoms with Crippen LogP contribution < -0.4 is 0 Å². The number of methoxy groups -OCH3 is 1. The Morgan fingerprint density at radius 3 is 2.44 bits per heavy atom. The largest absolute Gasteiger partial charge is 0.385 e. The average Bonchev–Trinajstić information content (AvgIpc) is 2.29. The Morgan fingerprint density at radius 2 is 1.75 bits per heavy atom. The lowest BCUT2D eigenvalue weighted by molar-refractivity contribution is 0.0885. The molecule has 0 bridgehead atoms. The Kier molecular flexibility index (Phi) is 13.4. The van der Waals surface area contributed by atoms with E-state index in [9.17, 15) is 0 Å². The maximum atomic E-state index is 5.62. The van der Waals surface area contributed by atoms with Gasteiger partial charge in [0.1, 0.15) is 0 Å². The van der Waals surface area contributed by atoms with Crippen LogP contribution in [0.3, 0.4) is 0 Å². The highest BCUT2D eigenvalue weighted by Gasteiger charge is 1.98. The van der Waals surface area contributed by atoms with Gasteiger partial charge in [-0.15, -0.1) is 11.6 Å². The van der Waals surface area contributed by atoms with Gasteiger partial charge in [0.2, 0.25) is 0 Å². The molecule has 0 N–H and O–H groups in total. The molecule has 0 fully saturated rings. The van der Waals surface area contributed by atoms with Crippen molar-refractivity contribution in [3.8, 4) is 0 Å². The smallest absolute Gasteiger partial charge is 0.0593 e. The molecule has 0 aliphatic heterocycles. The Hall–Kier alpha value is 0.170. The number of hydrogen-bond acceptors (Lipinski definition) is 3. The van der Waals surface area contributed by atoms with E-state index in [1.165, 1.54) is 12.8 Å². The summed E-state index contributed by atoms with van der Waals surface area (Å²) in [4.78, 5) is 2.31. The lowest BCUT2D eigenvalue weighted by Crippen LogP contribution is -2.24. The first-order chi connectivity index (χ1) is 7.81. The lowest BCUT2D eigenvalue weighted by atomic mass is 10.2. The van der Waals surface area contributed by atoms with Crippen LogP contribution in [0.5, 0.6) is 0 Å². The molecule has 0 aliphatic rings. The molecule has 0 amide bonds. The summed E-state index contributed by atoms with van der Waals surface area (Å²) in [5, 5.41) is 0. The van der Waals surface area contributed by atoms with Crippen molar-refractivity contribution in [1.29, 1.82) is 0 Å². The van der Waals surface area contributed by atoms with E-state index in [-0.39, 0.29) is 0 Å². The monoisotopic (exact) mass is 251 g/mol. The molecule has 0 aromatic rings. The van der Waals surface area contributed by atoms with E-state index in [1.54, 1.807) is 7.11 Å². The highest BCUT2D eigenvalue weighted by Crippen LogP contribution is 1.98. The summed E-state index contributed by atoms with van der Waals surface area (Å²) in [6.07, 6.45) is 4.56. The molecular weight excluding hydrogens is 226 g/mol. The minimum absolute atomic E-state index is 0.784. The van der Waals surface area contributed by atoms with Crippen LogP contribution in [0.25, 0.3) is 0 Å². The van der Waals surface area contributed by atoms with Crippen LogP contribution in [0.4, 0.5) is 0 Å². The Labute approximate surface area is 105 Å². The predicted molar refractivity (Wildman–Crippen MR) is 69.4 cm³/mol. The van der Waals surface area contributed by atoms with Gasteiger partial charge in [-0.05, 0) is 32.9 Å². The van der Waals surface area contributed by atoms with Crippen LogP contribution in [0.15, 0.2) is 0 Å². The van der Waals surface area contributed by atoms with Gasteiger partial charge in [-0.2, -0.15) is 0 Å². The minimum Gasteiger partial charge on any atom is -0.385 e. The van der Waals surface area contributed by atoms with Crippen molar-refractivity contribution in [2.45, 2.75) is 25.7 Å². The summed E-state index contributed by atoms with van der Waals surface area (Å²) in [5.74, 6) is 0.784. The van der Waals surface area contributed by atoms with Crippen molar-refractivity contribution in [3.63, 3.8) is 0 Å². The van der Waals surface area contributed by atoms with Crippen molar-refractivity contribution < 1.29 is 9.47 Å². The summed E-state index contributed by atoms with van der Waals surface area (Å²) in [7, 11) is 3.85. The number of ether oxygens (including phenoxy) is 2. The third-order valence-electron chi connectivity index (χ3n) is 2.43. The van der Waals surface area contributed by atoms with Gasteiger partial charge < -0.3 is 14.4 Å². The van der Waals surface area contributed by atoms with Crippen LogP contribution in [-0.4, -0.2) is 57.8 Å². The molecule has 98 valence electrons. The zero-order chi connectivity index (χ0) is 12.1. The first-order valence-corrected chi connectivity index (χ1v) is 6.66. The number of rotatable bonds is 12. The molecule has 0 heterocycles. The van der Waals surface area contributed by atoms with Crippen molar-refractivity contribution >= 4 is 11.6 Å². The van der Waals surface area contributed by atoms with Crippen LogP contribution in [0, 0.1) is 0 Å². The van der Waals surface area contributed by atoms with Gasteiger partial charge in [-0.25, -0.2) is 0 Å².